The lowest BCUT2D eigenvalue weighted by atomic mass is 10.1. The maximum absolute atomic E-state index is 12.6. The lowest BCUT2D eigenvalue weighted by molar-refractivity contribution is -0.0495. The molecule has 0 radical (unpaired) electrons. The molecule has 1 saturated heterocycles. The fraction of sp³-hybridized carbons (Fsp3) is 0.238. The number of para-hydroxylation sites is 2. The van der Waals surface area contributed by atoms with Crippen molar-refractivity contribution >= 4 is 11.6 Å². The third kappa shape index (κ3) is 4.37. The highest BCUT2D eigenvalue weighted by Gasteiger charge is 2.27. The van der Waals surface area contributed by atoms with Gasteiger partial charge in [-0.2, -0.15) is 8.78 Å². The van der Waals surface area contributed by atoms with Crippen LogP contribution in [0.4, 0.5) is 14.5 Å². The quantitative estimate of drug-likeness (QED) is 0.680. The van der Waals surface area contributed by atoms with E-state index in [1.807, 2.05) is 35.2 Å². The molecule has 8 heteroatoms. The van der Waals surface area contributed by atoms with Gasteiger partial charge in [-0.1, -0.05) is 47.6 Å². The Kier molecular flexibility index (Phi) is 5.41. The van der Waals surface area contributed by atoms with E-state index >= 15 is 0 Å². The second-order valence-electron chi connectivity index (χ2n) is 6.69. The number of ether oxygens (including phenoxy) is 1. The largest absolute Gasteiger partial charge is 0.433 e. The Labute approximate surface area is 166 Å². The Hall–Kier alpha value is -3.42. The first-order valence-electron chi connectivity index (χ1n) is 9.22. The van der Waals surface area contributed by atoms with Gasteiger partial charge in [-0.25, -0.2) is 0 Å². The maximum atomic E-state index is 12.6. The number of carbonyl (C=O) groups is 1. The van der Waals surface area contributed by atoms with Crippen molar-refractivity contribution in [2.45, 2.75) is 19.1 Å². The van der Waals surface area contributed by atoms with Crippen LogP contribution in [0.1, 0.15) is 16.9 Å². The molecular formula is C21H19F2N3O3. The smallest absolute Gasteiger partial charge is 0.387 e. The highest BCUT2D eigenvalue weighted by Crippen LogP contribution is 2.32. The summed E-state index contributed by atoms with van der Waals surface area (Å²) in [6, 6.07) is 17.5. The SMILES string of the molecule is O=C(NC1CCN(c2ccccc2OC(F)F)C1)c1cc(-c2ccccc2)on1. The number of nitrogens with one attached hydrogen (secondary N) is 1. The van der Waals surface area contributed by atoms with E-state index in [0.717, 1.165) is 5.56 Å². The summed E-state index contributed by atoms with van der Waals surface area (Å²) in [7, 11) is 0. The van der Waals surface area contributed by atoms with Crippen LogP contribution in [0, 0.1) is 0 Å². The molecule has 6 nitrogen and oxygen atoms in total. The molecule has 3 aromatic rings. The molecule has 29 heavy (non-hydrogen) atoms. The number of rotatable bonds is 6. The first-order chi connectivity index (χ1) is 14.1. The van der Waals surface area contributed by atoms with Crippen molar-refractivity contribution in [3.63, 3.8) is 0 Å². The molecule has 1 amide bonds. The summed E-state index contributed by atoms with van der Waals surface area (Å²) in [5.74, 6) is 0.306. The van der Waals surface area contributed by atoms with Crippen LogP contribution in [-0.4, -0.2) is 36.8 Å². The fourth-order valence-corrected chi connectivity index (χ4v) is 3.39. The summed E-state index contributed by atoms with van der Waals surface area (Å²) in [5.41, 5.74) is 1.61. The van der Waals surface area contributed by atoms with Gasteiger partial charge in [0.05, 0.1) is 5.69 Å². The standard InChI is InChI=1S/C21H19F2N3O3/c22-21(23)28-18-9-5-4-8-17(18)26-11-10-15(13-26)24-20(27)16-12-19(29-25-16)14-6-2-1-3-7-14/h1-9,12,15,21H,10-11,13H2,(H,24,27). The molecule has 2 heterocycles. The number of benzene rings is 2. The van der Waals surface area contributed by atoms with Gasteiger partial charge in [0, 0.05) is 30.8 Å². The van der Waals surface area contributed by atoms with Gasteiger partial charge in [-0.15, -0.1) is 0 Å². The van der Waals surface area contributed by atoms with Crippen LogP contribution < -0.4 is 15.0 Å². The van der Waals surface area contributed by atoms with Gasteiger partial charge in [0.2, 0.25) is 0 Å². The highest BCUT2D eigenvalue weighted by atomic mass is 19.3. The van der Waals surface area contributed by atoms with E-state index in [9.17, 15) is 13.6 Å². The molecule has 4 rings (SSSR count). The van der Waals surface area contributed by atoms with E-state index in [-0.39, 0.29) is 23.4 Å². The third-order valence-corrected chi connectivity index (χ3v) is 4.75. The van der Waals surface area contributed by atoms with Crippen molar-refractivity contribution in [1.82, 2.24) is 10.5 Å². The van der Waals surface area contributed by atoms with Crippen LogP contribution in [-0.2, 0) is 0 Å². The van der Waals surface area contributed by atoms with E-state index in [4.69, 9.17) is 4.52 Å². The molecule has 1 aliphatic rings. The molecule has 1 fully saturated rings. The van der Waals surface area contributed by atoms with E-state index in [0.29, 0.717) is 31.0 Å². The van der Waals surface area contributed by atoms with Crippen LogP contribution in [0.25, 0.3) is 11.3 Å². The third-order valence-electron chi connectivity index (χ3n) is 4.75. The van der Waals surface area contributed by atoms with E-state index in [2.05, 4.69) is 15.2 Å². The number of alkyl halides is 2. The normalized spacial score (nSPS) is 16.2. The number of anilines is 1. The summed E-state index contributed by atoms with van der Waals surface area (Å²) < 4.78 is 35.1. The van der Waals surface area contributed by atoms with Crippen LogP contribution in [0.3, 0.4) is 0 Å². The number of hydrogen-bond donors (Lipinski definition) is 1. The van der Waals surface area contributed by atoms with Crippen LogP contribution in [0.15, 0.2) is 65.2 Å². The lowest BCUT2D eigenvalue weighted by Gasteiger charge is -2.21. The average Bonchev–Trinajstić information content (AvgIpc) is 3.38. The predicted octanol–water partition coefficient (Wildman–Crippen LogP) is 3.95. The molecule has 1 N–H and O–H groups in total. The van der Waals surface area contributed by atoms with Gasteiger partial charge in [0.1, 0.15) is 5.75 Å². The number of amides is 1. The van der Waals surface area contributed by atoms with Crippen LogP contribution >= 0.6 is 0 Å². The zero-order valence-corrected chi connectivity index (χ0v) is 15.4. The Morgan fingerprint density at radius 2 is 1.93 bits per heavy atom. The molecule has 1 aliphatic heterocycles. The van der Waals surface area contributed by atoms with Gasteiger partial charge < -0.3 is 19.5 Å². The van der Waals surface area contributed by atoms with Gasteiger partial charge in [0.15, 0.2) is 11.5 Å². The Balaban J connectivity index is 1.40. The van der Waals surface area contributed by atoms with Gasteiger partial charge in [-0.3, -0.25) is 4.79 Å². The number of hydrogen-bond acceptors (Lipinski definition) is 5. The molecule has 0 spiro atoms. The number of nitrogens with zero attached hydrogens (tertiary/aromatic N) is 2. The average molecular weight is 399 g/mol. The van der Waals surface area contributed by atoms with Crippen molar-refractivity contribution in [2.75, 3.05) is 18.0 Å². The van der Waals surface area contributed by atoms with E-state index in [1.54, 1.807) is 24.3 Å². The molecular weight excluding hydrogens is 380 g/mol. The summed E-state index contributed by atoms with van der Waals surface area (Å²) in [6.45, 7) is -1.79. The van der Waals surface area contributed by atoms with Crippen LogP contribution in [0.2, 0.25) is 0 Å². The maximum Gasteiger partial charge on any atom is 0.387 e. The molecule has 2 aromatic carbocycles. The van der Waals surface area contributed by atoms with Gasteiger partial charge in [0.25, 0.3) is 5.91 Å². The molecule has 1 unspecified atom stereocenters. The minimum atomic E-state index is -2.89. The van der Waals surface area contributed by atoms with Crippen molar-refractivity contribution in [3.8, 4) is 17.1 Å². The van der Waals surface area contributed by atoms with Crippen molar-refractivity contribution in [3.05, 3.63) is 66.4 Å². The minimum Gasteiger partial charge on any atom is -0.433 e. The fourth-order valence-electron chi connectivity index (χ4n) is 3.39. The monoisotopic (exact) mass is 399 g/mol. The second kappa shape index (κ2) is 8.30. The first-order valence-corrected chi connectivity index (χ1v) is 9.22. The zero-order chi connectivity index (χ0) is 20.2. The number of halogens is 2. The predicted molar refractivity (Wildman–Crippen MR) is 103 cm³/mol. The second-order valence-corrected chi connectivity index (χ2v) is 6.69. The van der Waals surface area contributed by atoms with E-state index < -0.39 is 6.61 Å². The first kappa shape index (κ1) is 18.9. The molecule has 1 aromatic heterocycles. The Bertz CT molecular complexity index is 978. The molecule has 0 saturated carbocycles. The van der Waals surface area contributed by atoms with Crippen molar-refractivity contribution in [1.29, 1.82) is 0 Å². The number of carbonyl (C=O) groups excluding carboxylic acids is 1. The molecule has 150 valence electrons. The summed E-state index contributed by atoms with van der Waals surface area (Å²) in [6.07, 6.45) is 0.679. The van der Waals surface area contributed by atoms with E-state index in [1.165, 1.54) is 6.07 Å². The summed E-state index contributed by atoms with van der Waals surface area (Å²) >= 11 is 0. The Morgan fingerprint density at radius 1 is 1.17 bits per heavy atom. The molecule has 0 bridgehead atoms. The topological polar surface area (TPSA) is 67.6 Å². The number of aromatic nitrogens is 1. The molecule has 0 aliphatic carbocycles. The minimum absolute atomic E-state index is 0.124. The Morgan fingerprint density at radius 3 is 2.72 bits per heavy atom. The highest BCUT2D eigenvalue weighted by molar-refractivity contribution is 5.93. The molecule has 1 atom stereocenters. The van der Waals surface area contributed by atoms with Crippen molar-refractivity contribution in [2.24, 2.45) is 0 Å². The summed E-state index contributed by atoms with van der Waals surface area (Å²) in [4.78, 5) is 14.4. The van der Waals surface area contributed by atoms with Crippen molar-refractivity contribution < 1.29 is 22.8 Å². The van der Waals surface area contributed by atoms with Crippen LogP contribution in [0.5, 0.6) is 5.75 Å². The van der Waals surface area contributed by atoms with Gasteiger partial charge in [-0.05, 0) is 18.6 Å². The summed E-state index contributed by atoms with van der Waals surface area (Å²) in [5, 5.41) is 6.78. The van der Waals surface area contributed by atoms with Gasteiger partial charge >= 0.3 is 6.61 Å². The lowest BCUT2D eigenvalue weighted by Crippen LogP contribution is -2.37. The zero-order valence-electron chi connectivity index (χ0n) is 15.4.